The minimum atomic E-state index is -0.836. The SMILES string of the molecule is Cc1c(CC(=O)O)c2ccc(Cl)cc2n1Cc1nc2ccccc2s1. The third-order valence-electron chi connectivity index (χ3n) is 4.38. The number of nitrogens with zero attached hydrogens (tertiary/aromatic N) is 2. The number of hydrogen-bond donors (Lipinski definition) is 1. The van der Waals surface area contributed by atoms with Crippen LogP contribution in [0.25, 0.3) is 21.1 Å². The molecule has 0 saturated carbocycles. The van der Waals surface area contributed by atoms with Crippen molar-refractivity contribution in [2.45, 2.75) is 19.9 Å². The third-order valence-corrected chi connectivity index (χ3v) is 5.63. The smallest absolute Gasteiger partial charge is 0.307 e. The Morgan fingerprint density at radius 2 is 2.08 bits per heavy atom. The zero-order chi connectivity index (χ0) is 17.6. The molecule has 2 aromatic heterocycles. The molecule has 0 saturated heterocycles. The summed E-state index contributed by atoms with van der Waals surface area (Å²) in [6.07, 6.45) is -0.00316. The number of carboxylic acid groups (broad SMARTS) is 1. The van der Waals surface area contributed by atoms with Gasteiger partial charge in [0.15, 0.2) is 0 Å². The van der Waals surface area contributed by atoms with Gasteiger partial charge < -0.3 is 9.67 Å². The lowest BCUT2D eigenvalue weighted by molar-refractivity contribution is -0.136. The van der Waals surface area contributed by atoms with Gasteiger partial charge in [-0.2, -0.15) is 0 Å². The van der Waals surface area contributed by atoms with Crippen LogP contribution in [-0.4, -0.2) is 20.6 Å². The minimum absolute atomic E-state index is 0.00316. The Morgan fingerprint density at radius 1 is 1.28 bits per heavy atom. The van der Waals surface area contributed by atoms with Crippen molar-refractivity contribution in [3.05, 3.63) is 63.8 Å². The van der Waals surface area contributed by atoms with Gasteiger partial charge in [-0.1, -0.05) is 29.8 Å². The van der Waals surface area contributed by atoms with E-state index in [-0.39, 0.29) is 6.42 Å². The van der Waals surface area contributed by atoms with Crippen molar-refractivity contribution in [1.82, 2.24) is 9.55 Å². The minimum Gasteiger partial charge on any atom is -0.481 e. The van der Waals surface area contributed by atoms with Crippen molar-refractivity contribution in [2.24, 2.45) is 0 Å². The van der Waals surface area contributed by atoms with Crippen LogP contribution >= 0.6 is 22.9 Å². The first-order chi connectivity index (χ1) is 12.0. The van der Waals surface area contributed by atoms with Gasteiger partial charge in [-0.25, -0.2) is 4.98 Å². The molecule has 6 heteroatoms. The molecule has 0 amide bonds. The Kier molecular flexibility index (Phi) is 3.98. The second kappa shape index (κ2) is 6.17. The predicted octanol–water partition coefficient (Wildman–Crippen LogP) is 4.89. The summed E-state index contributed by atoms with van der Waals surface area (Å²) in [5.41, 5.74) is 3.71. The summed E-state index contributed by atoms with van der Waals surface area (Å²) >= 11 is 7.84. The molecule has 4 nitrogen and oxygen atoms in total. The van der Waals surface area contributed by atoms with Crippen LogP contribution in [0.2, 0.25) is 5.02 Å². The average molecular weight is 371 g/mol. The zero-order valence-corrected chi connectivity index (χ0v) is 15.1. The molecule has 4 aromatic rings. The number of aromatic nitrogens is 2. The number of carbonyl (C=O) groups is 1. The van der Waals surface area contributed by atoms with Crippen LogP contribution in [0.3, 0.4) is 0 Å². The average Bonchev–Trinajstić information content (AvgIpc) is 3.09. The molecule has 1 N–H and O–H groups in total. The highest BCUT2D eigenvalue weighted by molar-refractivity contribution is 7.18. The van der Waals surface area contributed by atoms with Gasteiger partial charge in [0, 0.05) is 16.1 Å². The first kappa shape index (κ1) is 16.1. The van der Waals surface area contributed by atoms with E-state index in [0.29, 0.717) is 11.6 Å². The monoisotopic (exact) mass is 370 g/mol. The molecule has 0 aliphatic rings. The Morgan fingerprint density at radius 3 is 2.84 bits per heavy atom. The number of carboxylic acids is 1. The van der Waals surface area contributed by atoms with Gasteiger partial charge in [-0.05, 0) is 36.8 Å². The zero-order valence-electron chi connectivity index (χ0n) is 13.5. The quantitative estimate of drug-likeness (QED) is 0.556. The molecule has 0 atom stereocenters. The lowest BCUT2D eigenvalue weighted by Gasteiger charge is -2.06. The number of fused-ring (bicyclic) bond motifs is 2. The second-order valence-electron chi connectivity index (χ2n) is 5.96. The number of benzene rings is 2. The normalized spacial score (nSPS) is 11.4. The molecule has 0 bridgehead atoms. The number of rotatable bonds is 4. The fourth-order valence-corrected chi connectivity index (χ4v) is 4.35. The van der Waals surface area contributed by atoms with E-state index in [9.17, 15) is 9.90 Å². The maximum atomic E-state index is 11.3. The van der Waals surface area contributed by atoms with Gasteiger partial charge in [0.05, 0.1) is 28.7 Å². The number of halogens is 1. The molecular formula is C19H15ClN2O2S. The maximum Gasteiger partial charge on any atom is 0.307 e. The van der Waals surface area contributed by atoms with Gasteiger partial charge in [0.1, 0.15) is 5.01 Å². The van der Waals surface area contributed by atoms with Crippen LogP contribution in [0.15, 0.2) is 42.5 Å². The largest absolute Gasteiger partial charge is 0.481 e. The molecule has 25 heavy (non-hydrogen) atoms. The molecule has 0 unspecified atom stereocenters. The first-order valence-corrected chi connectivity index (χ1v) is 9.06. The summed E-state index contributed by atoms with van der Waals surface area (Å²) in [4.78, 5) is 16.0. The topological polar surface area (TPSA) is 55.1 Å². The van der Waals surface area contributed by atoms with Crippen LogP contribution in [-0.2, 0) is 17.8 Å². The van der Waals surface area contributed by atoms with Crippen molar-refractivity contribution in [3.8, 4) is 0 Å². The second-order valence-corrected chi connectivity index (χ2v) is 7.51. The standard InChI is InChI=1S/C19H15ClN2O2S/c1-11-14(9-19(23)24)13-7-6-12(20)8-16(13)22(11)10-18-21-15-4-2-3-5-17(15)25-18/h2-8H,9-10H2,1H3,(H,23,24). The van der Waals surface area contributed by atoms with E-state index in [1.165, 1.54) is 0 Å². The Balaban J connectivity index is 1.86. The maximum absolute atomic E-state index is 11.3. The van der Waals surface area contributed by atoms with E-state index in [1.807, 2.05) is 37.3 Å². The molecule has 0 aliphatic heterocycles. The van der Waals surface area contributed by atoms with Gasteiger partial charge in [0.25, 0.3) is 0 Å². The molecule has 2 aromatic carbocycles. The summed E-state index contributed by atoms with van der Waals surface area (Å²) in [6, 6.07) is 13.6. The van der Waals surface area contributed by atoms with Crippen molar-refractivity contribution >= 4 is 50.0 Å². The van der Waals surface area contributed by atoms with Crippen LogP contribution < -0.4 is 0 Å². The summed E-state index contributed by atoms with van der Waals surface area (Å²) in [5.74, 6) is -0.836. The fraction of sp³-hybridized carbons (Fsp3) is 0.158. The van der Waals surface area contributed by atoms with Gasteiger partial charge >= 0.3 is 5.97 Å². The molecule has 0 radical (unpaired) electrons. The highest BCUT2D eigenvalue weighted by Crippen LogP contribution is 2.31. The van der Waals surface area contributed by atoms with E-state index in [2.05, 4.69) is 10.6 Å². The number of hydrogen-bond acceptors (Lipinski definition) is 3. The van der Waals surface area contributed by atoms with Gasteiger partial charge in [-0.3, -0.25) is 4.79 Å². The Bertz CT molecular complexity index is 1080. The molecule has 0 fully saturated rings. The number of para-hydroxylation sites is 1. The van der Waals surface area contributed by atoms with E-state index < -0.39 is 5.97 Å². The molecule has 126 valence electrons. The van der Waals surface area contributed by atoms with E-state index in [0.717, 1.165) is 37.4 Å². The van der Waals surface area contributed by atoms with E-state index in [4.69, 9.17) is 16.6 Å². The summed E-state index contributed by atoms with van der Waals surface area (Å²) in [7, 11) is 0. The van der Waals surface area contributed by atoms with Crippen LogP contribution in [0.1, 0.15) is 16.3 Å². The summed E-state index contributed by atoms with van der Waals surface area (Å²) in [5, 5.41) is 11.8. The summed E-state index contributed by atoms with van der Waals surface area (Å²) < 4.78 is 3.26. The molecule has 4 rings (SSSR count). The Hall–Kier alpha value is -2.37. The lowest BCUT2D eigenvalue weighted by atomic mass is 10.1. The highest BCUT2D eigenvalue weighted by atomic mass is 35.5. The van der Waals surface area contributed by atoms with Crippen LogP contribution in [0, 0.1) is 6.92 Å². The number of aliphatic carboxylic acids is 1. The molecule has 0 spiro atoms. The van der Waals surface area contributed by atoms with E-state index >= 15 is 0 Å². The third kappa shape index (κ3) is 2.90. The Labute approximate surface area is 153 Å². The molecule has 0 aliphatic carbocycles. The van der Waals surface area contributed by atoms with E-state index in [1.54, 1.807) is 17.4 Å². The van der Waals surface area contributed by atoms with Gasteiger partial charge in [-0.15, -0.1) is 11.3 Å². The molecule has 2 heterocycles. The fourth-order valence-electron chi connectivity index (χ4n) is 3.22. The highest BCUT2D eigenvalue weighted by Gasteiger charge is 2.18. The van der Waals surface area contributed by atoms with Gasteiger partial charge in [0.2, 0.25) is 0 Å². The predicted molar refractivity (Wildman–Crippen MR) is 102 cm³/mol. The lowest BCUT2D eigenvalue weighted by Crippen LogP contribution is -2.04. The van der Waals surface area contributed by atoms with Crippen molar-refractivity contribution in [3.63, 3.8) is 0 Å². The first-order valence-electron chi connectivity index (χ1n) is 7.86. The summed E-state index contributed by atoms with van der Waals surface area (Å²) in [6.45, 7) is 2.56. The van der Waals surface area contributed by atoms with Crippen LogP contribution in [0.4, 0.5) is 0 Å². The van der Waals surface area contributed by atoms with Crippen molar-refractivity contribution in [2.75, 3.05) is 0 Å². The van der Waals surface area contributed by atoms with Crippen LogP contribution in [0.5, 0.6) is 0 Å². The van der Waals surface area contributed by atoms with Crippen molar-refractivity contribution < 1.29 is 9.90 Å². The molecular weight excluding hydrogens is 356 g/mol. The van der Waals surface area contributed by atoms with Crippen molar-refractivity contribution in [1.29, 1.82) is 0 Å². The number of thiazole rings is 1.